The number of hydrogen-bond acceptors (Lipinski definition) is 3. The molecule has 92 valence electrons. The summed E-state index contributed by atoms with van der Waals surface area (Å²) in [4.78, 5) is -0.182. The minimum absolute atomic E-state index is 0.0637. The van der Waals surface area contributed by atoms with E-state index in [0.717, 1.165) is 0 Å². The lowest BCUT2D eigenvalue weighted by atomic mass is 10.3. The van der Waals surface area contributed by atoms with Gasteiger partial charge in [0, 0.05) is 17.1 Å². The highest BCUT2D eigenvalue weighted by atomic mass is 35.7. The van der Waals surface area contributed by atoms with Crippen LogP contribution in [-0.4, -0.2) is 15.0 Å². The van der Waals surface area contributed by atoms with E-state index < -0.39 is 9.05 Å². The lowest BCUT2D eigenvalue weighted by Crippen LogP contribution is -1.99. The molecule has 0 spiro atoms. The molecule has 0 aliphatic carbocycles. The predicted molar refractivity (Wildman–Crippen MR) is 68.4 cm³/mol. The molecule has 0 unspecified atom stereocenters. The first-order chi connectivity index (χ1) is 7.86. The van der Waals surface area contributed by atoms with Gasteiger partial charge in [-0.2, -0.15) is 0 Å². The smallest absolute Gasteiger partial charge is 0.261 e. The first-order valence-corrected chi connectivity index (χ1v) is 7.42. The van der Waals surface area contributed by atoms with Crippen LogP contribution in [0.2, 0.25) is 10.0 Å². The van der Waals surface area contributed by atoms with Crippen LogP contribution >= 0.6 is 33.9 Å². The molecule has 0 aliphatic rings. The zero-order chi connectivity index (χ0) is 13.1. The van der Waals surface area contributed by atoms with Crippen LogP contribution in [0.5, 0.6) is 5.75 Å². The minimum Gasteiger partial charge on any atom is -0.489 e. The summed E-state index contributed by atoms with van der Waals surface area (Å²) in [5.74, 6) is 2.57. The van der Waals surface area contributed by atoms with Crippen LogP contribution < -0.4 is 4.74 Å². The molecule has 1 aromatic rings. The van der Waals surface area contributed by atoms with Crippen LogP contribution in [0.1, 0.15) is 6.42 Å². The van der Waals surface area contributed by atoms with E-state index >= 15 is 0 Å². The van der Waals surface area contributed by atoms with Crippen molar-refractivity contribution in [2.75, 3.05) is 6.61 Å². The van der Waals surface area contributed by atoms with Crippen molar-refractivity contribution < 1.29 is 13.2 Å². The molecule has 7 heteroatoms. The topological polar surface area (TPSA) is 43.4 Å². The molecule has 0 fully saturated rings. The average molecular weight is 314 g/mol. The monoisotopic (exact) mass is 312 g/mol. The largest absolute Gasteiger partial charge is 0.489 e. The molecule has 3 nitrogen and oxygen atoms in total. The highest BCUT2D eigenvalue weighted by molar-refractivity contribution is 8.13. The van der Waals surface area contributed by atoms with Gasteiger partial charge in [0.15, 0.2) is 5.75 Å². The second-order valence-electron chi connectivity index (χ2n) is 2.96. The van der Waals surface area contributed by atoms with E-state index in [0.29, 0.717) is 6.42 Å². The summed E-state index contributed by atoms with van der Waals surface area (Å²) >= 11 is 11.7. The third-order valence-corrected chi connectivity index (χ3v) is 3.64. The van der Waals surface area contributed by atoms with Gasteiger partial charge in [0.2, 0.25) is 0 Å². The number of halogens is 3. The molecule has 0 aliphatic heterocycles. The Hall–Kier alpha value is -0.600. The van der Waals surface area contributed by atoms with Gasteiger partial charge >= 0.3 is 0 Å². The summed E-state index contributed by atoms with van der Waals surface area (Å²) < 4.78 is 27.4. The maximum Gasteiger partial charge on any atom is 0.261 e. The summed E-state index contributed by atoms with van der Waals surface area (Å²) in [5.41, 5.74) is 0. The molecule has 0 aromatic heterocycles. The summed E-state index contributed by atoms with van der Waals surface area (Å²) in [6.45, 7) is 0.239. The Balaban J connectivity index is 3.08. The van der Waals surface area contributed by atoms with Gasteiger partial charge in [0.25, 0.3) is 9.05 Å². The average Bonchev–Trinajstić information content (AvgIpc) is 2.20. The maximum atomic E-state index is 11.1. The Morgan fingerprint density at radius 2 is 1.82 bits per heavy atom. The zero-order valence-corrected chi connectivity index (χ0v) is 11.5. The van der Waals surface area contributed by atoms with E-state index in [4.69, 9.17) is 45.0 Å². The van der Waals surface area contributed by atoms with E-state index in [1.54, 1.807) is 0 Å². The molecule has 0 amide bonds. The molecule has 1 rings (SSSR count). The van der Waals surface area contributed by atoms with Crippen LogP contribution in [0.4, 0.5) is 0 Å². The maximum absolute atomic E-state index is 11.1. The summed E-state index contributed by atoms with van der Waals surface area (Å²) in [6, 6.07) is 2.34. The van der Waals surface area contributed by atoms with Gasteiger partial charge < -0.3 is 4.74 Å². The Morgan fingerprint density at radius 3 is 2.24 bits per heavy atom. The van der Waals surface area contributed by atoms with Gasteiger partial charge in [0.1, 0.15) is 0 Å². The molecule has 0 bridgehead atoms. The molecular formula is C10H7Cl3O3S. The van der Waals surface area contributed by atoms with E-state index in [2.05, 4.69) is 5.92 Å². The summed E-state index contributed by atoms with van der Waals surface area (Å²) in [5, 5.41) is 0.127. The van der Waals surface area contributed by atoms with Crippen molar-refractivity contribution in [2.45, 2.75) is 11.3 Å². The second kappa shape index (κ2) is 5.83. The molecule has 0 saturated carbocycles. The van der Waals surface area contributed by atoms with Crippen molar-refractivity contribution in [3.63, 3.8) is 0 Å². The molecule has 0 N–H and O–H groups in total. The standard InChI is InChI=1S/C10H7Cl3O3S/c1-2-3-4-16-10-8(11)5-7(6-9(10)12)17(13,14)15/h1,5-6H,3-4H2. The number of terminal acetylenes is 1. The van der Waals surface area contributed by atoms with E-state index in [-0.39, 0.29) is 27.3 Å². The third-order valence-electron chi connectivity index (χ3n) is 1.75. The van der Waals surface area contributed by atoms with Gasteiger partial charge in [-0.1, -0.05) is 23.2 Å². The van der Waals surface area contributed by atoms with Crippen LogP contribution in [-0.2, 0) is 9.05 Å². The summed E-state index contributed by atoms with van der Waals surface area (Å²) in [6.07, 6.45) is 5.45. The lowest BCUT2D eigenvalue weighted by Gasteiger charge is -2.09. The molecule has 0 atom stereocenters. The lowest BCUT2D eigenvalue weighted by molar-refractivity contribution is 0.327. The fourth-order valence-electron chi connectivity index (χ4n) is 1.03. The van der Waals surface area contributed by atoms with E-state index in [9.17, 15) is 8.42 Å². The van der Waals surface area contributed by atoms with Gasteiger partial charge in [-0.3, -0.25) is 0 Å². The fourth-order valence-corrected chi connectivity index (χ4v) is 2.54. The van der Waals surface area contributed by atoms with E-state index in [1.807, 2.05) is 0 Å². The molecule has 0 heterocycles. The number of benzene rings is 1. The highest BCUT2D eigenvalue weighted by Gasteiger charge is 2.16. The van der Waals surface area contributed by atoms with Crippen LogP contribution in [0, 0.1) is 12.3 Å². The number of hydrogen-bond donors (Lipinski definition) is 0. The SMILES string of the molecule is C#CCCOc1c(Cl)cc(S(=O)(=O)Cl)cc1Cl. The number of ether oxygens (including phenoxy) is 1. The van der Waals surface area contributed by atoms with Gasteiger partial charge in [-0.05, 0) is 12.1 Å². The molecular weight excluding hydrogens is 307 g/mol. The first kappa shape index (κ1) is 14.5. The normalized spacial score (nSPS) is 10.9. The second-order valence-corrected chi connectivity index (χ2v) is 6.34. The van der Waals surface area contributed by atoms with Crippen molar-refractivity contribution in [1.29, 1.82) is 0 Å². The Kier molecular flexibility index (Phi) is 4.96. The molecule has 0 radical (unpaired) electrons. The van der Waals surface area contributed by atoms with Crippen molar-refractivity contribution in [3.8, 4) is 18.1 Å². The van der Waals surface area contributed by atoms with Gasteiger partial charge in [-0.15, -0.1) is 12.3 Å². The van der Waals surface area contributed by atoms with Crippen LogP contribution in [0.3, 0.4) is 0 Å². The highest BCUT2D eigenvalue weighted by Crippen LogP contribution is 2.36. The van der Waals surface area contributed by atoms with E-state index in [1.165, 1.54) is 12.1 Å². The van der Waals surface area contributed by atoms with Gasteiger partial charge in [0.05, 0.1) is 21.5 Å². The molecule has 17 heavy (non-hydrogen) atoms. The van der Waals surface area contributed by atoms with Crippen molar-refractivity contribution in [1.82, 2.24) is 0 Å². The zero-order valence-electron chi connectivity index (χ0n) is 8.41. The summed E-state index contributed by atoms with van der Waals surface area (Å²) in [7, 11) is 1.29. The van der Waals surface area contributed by atoms with Crippen LogP contribution in [0.15, 0.2) is 17.0 Å². The Labute approximate surface area is 114 Å². The Bertz CT molecular complexity index is 538. The first-order valence-electron chi connectivity index (χ1n) is 4.36. The van der Waals surface area contributed by atoms with Gasteiger partial charge in [-0.25, -0.2) is 8.42 Å². The van der Waals surface area contributed by atoms with Crippen molar-refractivity contribution in [3.05, 3.63) is 22.2 Å². The minimum atomic E-state index is -3.87. The Morgan fingerprint density at radius 1 is 1.29 bits per heavy atom. The quantitative estimate of drug-likeness (QED) is 0.486. The fraction of sp³-hybridized carbons (Fsp3) is 0.200. The number of rotatable bonds is 4. The van der Waals surface area contributed by atoms with Crippen molar-refractivity contribution >= 4 is 42.9 Å². The predicted octanol–water partition coefficient (Wildman–Crippen LogP) is 3.32. The van der Waals surface area contributed by atoms with Crippen LogP contribution in [0.25, 0.3) is 0 Å². The molecule has 1 aromatic carbocycles. The molecule has 0 saturated heterocycles. The third kappa shape index (κ3) is 3.97. The van der Waals surface area contributed by atoms with Crippen molar-refractivity contribution in [2.24, 2.45) is 0 Å².